The number of nitrogens with zero attached hydrogens (tertiary/aromatic N) is 2. The zero-order valence-corrected chi connectivity index (χ0v) is 5.91. The molecule has 2 amide bonds. The zero-order chi connectivity index (χ0) is 7.98. The Labute approximate surface area is 59.1 Å². The van der Waals surface area contributed by atoms with E-state index in [4.69, 9.17) is 5.73 Å². The van der Waals surface area contributed by atoms with Crippen LogP contribution in [-0.2, 0) is 0 Å². The van der Waals surface area contributed by atoms with Gasteiger partial charge in [0, 0.05) is 6.54 Å². The van der Waals surface area contributed by atoms with Gasteiger partial charge in [0.25, 0.3) is 0 Å². The van der Waals surface area contributed by atoms with Gasteiger partial charge in [0.1, 0.15) is 0 Å². The summed E-state index contributed by atoms with van der Waals surface area (Å²) in [5.41, 5.74) is 4.78. The number of amides is 2. The summed E-state index contributed by atoms with van der Waals surface area (Å²) in [4.78, 5) is 20.1. The quantitative estimate of drug-likeness (QED) is 0.470. The third kappa shape index (κ3) is 3.01. The van der Waals surface area contributed by atoms with Crippen LogP contribution in [0.2, 0.25) is 0 Å². The van der Waals surface area contributed by atoms with Gasteiger partial charge in [-0.2, -0.15) is 5.01 Å². The van der Waals surface area contributed by atoms with Crippen molar-refractivity contribution < 1.29 is 4.79 Å². The van der Waals surface area contributed by atoms with Crippen LogP contribution in [-0.4, -0.2) is 17.6 Å². The number of hydrogen-bond acceptors (Lipinski definition) is 3. The van der Waals surface area contributed by atoms with Crippen molar-refractivity contribution in [3.05, 3.63) is 4.91 Å². The molecule has 0 unspecified atom stereocenters. The van der Waals surface area contributed by atoms with Crippen LogP contribution in [0, 0.1) is 4.91 Å². The van der Waals surface area contributed by atoms with E-state index in [9.17, 15) is 9.70 Å². The Bertz CT molecular complexity index is 126. The van der Waals surface area contributed by atoms with E-state index in [2.05, 4.69) is 5.29 Å². The van der Waals surface area contributed by atoms with Crippen LogP contribution in [0.4, 0.5) is 4.79 Å². The Kier molecular flexibility index (Phi) is 4.19. The second-order valence-corrected chi connectivity index (χ2v) is 1.90. The minimum atomic E-state index is -0.788. The molecule has 58 valence electrons. The van der Waals surface area contributed by atoms with E-state index in [0.717, 1.165) is 12.8 Å². The number of primary amides is 1. The molecule has 10 heavy (non-hydrogen) atoms. The monoisotopic (exact) mass is 145 g/mol. The Morgan fingerprint density at radius 1 is 1.70 bits per heavy atom. The van der Waals surface area contributed by atoms with Gasteiger partial charge in [0.05, 0.1) is 5.29 Å². The van der Waals surface area contributed by atoms with Crippen LogP contribution in [0.3, 0.4) is 0 Å². The van der Waals surface area contributed by atoms with E-state index in [1.165, 1.54) is 0 Å². The molecule has 0 aliphatic heterocycles. The van der Waals surface area contributed by atoms with Gasteiger partial charge >= 0.3 is 6.03 Å². The normalized spacial score (nSPS) is 8.90. The first-order chi connectivity index (χ1) is 4.72. The molecular formula is C5H11N3O2. The Hall–Kier alpha value is -1.13. The molecule has 0 radical (unpaired) electrons. The average Bonchev–Trinajstić information content (AvgIpc) is 1.89. The predicted molar refractivity (Wildman–Crippen MR) is 37.0 cm³/mol. The maximum Gasteiger partial charge on any atom is 0.337 e. The van der Waals surface area contributed by atoms with Gasteiger partial charge in [-0.05, 0) is 6.42 Å². The fourth-order valence-corrected chi connectivity index (χ4v) is 0.499. The molecule has 0 heterocycles. The predicted octanol–water partition coefficient (Wildman–Crippen LogP) is 0.849. The van der Waals surface area contributed by atoms with E-state index in [-0.39, 0.29) is 0 Å². The highest BCUT2D eigenvalue weighted by Gasteiger charge is 2.06. The number of unbranched alkanes of at least 4 members (excludes halogenated alkanes) is 1. The van der Waals surface area contributed by atoms with Gasteiger partial charge in [0.2, 0.25) is 0 Å². The molecule has 5 nitrogen and oxygen atoms in total. The maximum atomic E-state index is 10.3. The summed E-state index contributed by atoms with van der Waals surface area (Å²) in [7, 11) is 0. The summed E-state index contributed by atoms with van der Waals surface area (Å²) in [6.07, 6.45) is 1.65. The molecule has 2 N–H and O–H groups in total. The molecule has 0 spiro atoms. The first-order valence-corrected chi connectivity index (χ1v) is 3.12. The lowest BCUT2D eigenvalue weighted by atomic mass is 10.3. The van der Waals surface area contributed by atoms with E-state index in [1.807, 2.05) is 6.92 Å². The summed E-state index contributed by atoms with van der Waals surface area (Å²) >= 11 is 0. The van der Waals surface area contributed by atoms with Gasteiger partial charge in [0.15, 0.2) is 0 Å². The largest absolute Gasteiger partial charge is 0.350 e. The molecule has 0 aromatic carbocycles. The molecule has 0 atom stereocenters. The number of hydrogen-bond donors (Lipinski definition) is 1. The SMILES string of the molecule is CCCCN(N=O)C(N)=O. The van der Waals surface area contributed by atoms with E-state index < -0.39 is 6.03 Å². The van der Waals surface area contributed by atoms with Crippen LogP contribution in [0.15, 0.2) is 5.29 Å². The lowest BCUT2D eigenvalue weighted by Gasteiger charge is -2.07. The topological polar surface area (TPSA) is 75.8 Å². The van der Waals surface area contributed by atoms with Gasteiger partial charge in [-0.15, -0.1) is 4.91 Å². The number of carbonyl (C=O) groups excluding carboxylic acids is 1. The van der Waals surface area contributed by atoms with Crippen molar-refractivity contribution in [1.29, 1.82) is 0 Å². The fourth-order valence-electron chi connectivity index (χ4n) is 0.499. The van der Waals surface area contributed by atoms with Crippen LogP contribution in [0.1, 0.15) is 19.8 Å². The number of rotatable bonds is 4. The molecule has 0 aromatic heterocycles. The van der Waals surface area contributed by atoms with Crippen molar-refractivity contribution in [1.82, 2.24) is 5.01 Å². The summed E-state index contributed by atoms with van der Waals surface area (Å²) in [5.74, 6) is 0. The van der Waals surface area contributed by atoms with Crippen LogP contribution >= 0.6 is 0 Å². The Morgan fingerprint density at radius 3 is 2.60 bits per heavy atom. The Morgan fingerprint density at radius 2 is 2.30 bits per heavy atom. The minimum Gasteiger partial charge on any atom is -0.350 e. The van der Waals surface area contributed by atoms with Gasteiger partial charge in [-0.1, -0.05) is 13.3 Å². The molecule has 0 aliphatic rings. The highest BCUT2D eigenvalue weighted by atomic mass is 16.3. The van der Waals surface area contributed by atoms with Crippen LogP contribution in [0.25, 0.3) is 0 Å². The van der Waals surface area contributed by atoms with Crippen molar-refractivity contribution in [2.24, 2.45) is 11.0 Å². The number of nitroso groups, excluding NO2 is 1. The smallest absolute Gasteiger partial charge is 0.337 e. The number of urea groups is 1. The number of nitrogens with two attached hydrogens (primary N) is 1. The van der Waals surface area contributed by atoms with Gasteiger partial charge < -0.3 is 5.73 Å². The van der Waals surface area contributed by atoms with E-state index >= 15 is 0 Å². The average molecular weight is 145 g/mol. The van der Waals surface area contributed by atoms with Crippen molar-refractivity contribution in [3.63, 3.8) is 0 Å². The van der Waals surface area contributed by atoms with Crippen LogP contribution < -0.4 is 5.73 Å². The first-order valence-electron chi connectivity index (χ1n) is 3.12. The van der Waals surface area contributed by atoms with Gasteiger partial charge in [-0.25, -0.2) is 4.79 Å². The standard InChI is InChI=1S/C5H11N3O2/c1-2-3-4-8(7-10)5(6)9/h2-4H2,1H3,(H2,6,9). The molecule has 0 aromatic rings. The van der Waals surface area contributed by atoms with Crippen molar-refractivity contribution >= 4 is 6.03 Å². The van der Waals surface area contributed by atoms with E-state index in [0.29, 0.717) is 11.6 Å². The molecule has 0 bridgehead atoms. The van der Waals surface area contributed by atoms with E-state index in [1.54, 1.807) is 0 Å². The second-order valence-electron chi connectivity index (χ2n) is 1.90. The summed E-state index contributed by atoms with van der Waals surface area (Å²) in [6.45, 7) is 2.26. The summed E-state index contributed by atoms with van der Waals surface area (Å²) < 4.78 is 0. The van der Waals surface area contributed by atoms with Crippen molar-refractivity contribution in [2.45, 2.75) is 19.8 Å². The lowest BCUT2D eigenvalue weighted by molar-refractivity contribution is 0.208. The molecule has 0 saturated heterocycles. The van der Waals surface area contributed by atoms with Crippen LogP contribution in [0.5, 0.6) is 0 Å². The molecular weight excluding hydrogens is 134 g/mol. The lowest BCUT2D eigenvalue weighted by Crippen LogP contribution is -2.31. The molecule has 0 fully saturated rings. The number of carbonyl (C=O) groups is 1. The van der Waals surface area contributed by atoms with Gasteiger partial charge in [-0.3, -0.25) is 0 Å². The minimum absolute atomic E-state index is 0.315. The first kappa shape index (κ1) is 8.87. The summed E-state index contributed by atoms with van der Waals surface area (Å²) in [6, 6.07) is -0.788. The third-order valence-corrected chi connectivity index (χ3v) is 1.08. The molecule has 0 rings (SSSR count). The summed E-state index contributed by atoms with van der Waals surface area (Å²) in [5, 5.41) is 3.15. The second kappa shape index (κ2) is 4.72. The Balaban J connectivity index is 3.60. The fraction of sp³-hybridized carbons (Fsp3) is 0.800. The van der Waals surface area contributed by atoms with Crippen molar-refractivity contribution in [3.8, 4) is 0 Å². The highest BCUT2D eigenvalue weighted by molar-refractivity contribution is 5.71. The van der Waals surface area contributed by atoms with Crippen molar-refractivity contribution in [2.75, 3.05) is 6.54 Å². The highest BCUT2D eigenvalue weighted by Crippen LogP contribution is 1.93. The molecule has 5 heteroatoms. The maximum absolute atomic E-state index is 10.3. The third-order valence-electron chi connectivity index (χ3n) is 1.08. The molecule has 0 aliphatic carbocycles. The zero-order valence-electron chi connectivity index (χ0n) is 5.91. The molecule has 0 saturated carbocycles.